The Labute approximate surface area is 147 Å². The molecule has 4 atom stereocenters. The maximum atomic E-state index is 12.7. The number of carboxylic acids is 2. The summed E-state index contributed by atoms with van der Waals surface area (Å²) in [6.45, 7) is 0. The Hall–Kier alpha value is -2.20. The second kappa shape index (κ2) is 6.96. The average molecular weight is 390 g/mol. The van der Waals surface area contributed by atoms with Crippen molar-refractivity contribution >= 4 is 39.1 Å². The topological polar surface area (TPSA) is 158 Å². The van der Waals surface area contributed by atoms with Crippen LogP contribution >= 0.6 is 11.6 Å². The highest BCUT2D eigenvalue weighted by atomic mass is 35.5. The summed E-state index contributed by atoms with van der Waals surface area (Å²) in [6.07, 6.45) is -1.01. The van der Waals surface area contributed by atoms with E-state index in [1.54, 1.807) is 0 Å². The van der Waals surface area contributed by atoms with Crippen LogP contribution in [-0.4, -0.2) is 35.9 Å². The van der Waals surface area contributed by atoms with Crippen LogP contribution in [0.4, 0.5) is 5.69 Å². The summed E-state index contributed by atoms with van der Waals surface area (Å²) in [5, 5.41) is 30.5. The predicted molar refractivity (Wildman–Crippen MR) is 79.9 cm³/mol. The molecule has 9 nitrogen and oxygen atoms in total. The third kappa shape index (κ3) is 3.74. The van der Waals surface area contributed by atoms with Gasteiger partial charge in [0.1, 0.15) is 0 Å². The van der Waals surface area contributed by atoms with Crippen LogP contribution in [0.3, 0.4) is 0 Å². The Morgan fingerprint density at radius 3 is 2.20 bits per heavy atom. The van der Waals surface area contributed by atoms with Gasteiger partial charge in [0.05, 0.1) is 20.4 Å². The van der Waals surface area contributed by atoms with Crippen LogP contribution in [0.15, 0.2) is 29.2 Å². The van der Waals surface area contributed by atoms with Crippen molar-refractivity contribution < 1.29 is 33.1 Å². The van der Waals surface area contributed by atoms with Crippen LogP contribution in [-0.2, 0) is 19.4 Å². The van der Waals surface area contributed by atoms with Crippen LogP contribution in [0.1, 0.15) is 12.8 Å². The summed E-state index contributed by atoms with van der Waals surface area (Å²) in [7, 11) is -4.22. The minimum absolute atomic E-state index is 0.388. The lowest BCUT2D eigenvalue weighted by atomic mass is 9.79. The van der Waals surface area contributed by atoms with Crippen LogP contribution in [0.2, 0.25) is 0 Å². The molecule has 25 heavy (non-hydrogen) atoms. The average Bonchev–Trinajstić information content (AvgIpc) is 2.54. The number of alkyl halides is 1. The number of hydrogen-bond acceptors (Lipinski definition) is 8. The van der Waals surface area contributed by atoms with Crippen molar-refractivity contribution in [1.82, 2.24) is 0 Å². The van der Waals surface area contributed by atoms with Gasteiger partial charge in [-0.05, 0) is 18.9 Å². The summed E-state index contributed by atoms with van der Waals surface area (Å²) in [4.78, 5) is 31.9. The highest BCUT2D eigenvalue weighted by Gasteiger charge is 2.44. The molecule has 136 valence electrons. The Balaban J connectivity index is 2.42. The van der Waals surface area contributed by atoms with E-state index in [1.165, 1.54) is 6.07 Å². The lowest BCUT2D eigenvalue weighted by molar-refractivity contribution is -0.385. The molecule has 0 radical (unpaired) electrons. The number of rotatable bonds is 5. The van der Waals surface area contributed by atoms with E-state index in [2.05, 4.69) is 0 Å². The fraction of sp³-hybridized carbons (Fsp3) is 0.429. The van der Waals surface area contributed by atoms with Crippen LogP contribution in [0.5, 0.6) is 0 Å². The van der Waals surface area contributed by atoms with Gasteiger partial charge in [-0.2, -0.15) is 0 Å². The summed E-state index contributed by atoms with van der Waals surface area (Å²) in [5.41, 5.74) is -0.452. The molecule has 0 heterocycles. The molecule has 0 amide bonds. The molecule has 2 rings (SSSR count). The molecular formula is C14H12ClNO8S-2. The van der Waals surface area contributed by atoms with Crippen molar-refractivity contribution in [2.75, 3.05) is 0 Å². The van der Waals surface area contributed by atoms with Crippen molar-refractivity contribution in [3.63, 3.8) is 0 Å². The summed E-state index contributed by atoms with van der Waals surface area (Å²) in [6, 6.07) is 4.26. The highest BCUT2D eigenvalue weighted by Crippen LogP contribution is 2.38. The van der Waals surface area contributed by atoms with E-state index >= 15 is 0 Å². The molecule has 0 spiro atoms. The van der Waals surface area contributed by atoms with E-state index in [1.807, 2.05) is 0 Å². The number of carbonyl (C=O) groups is 2. The Bertz CT molecular complexity index is 824. The second-order valence-corrected chi connectivity index (χ2v) is 8.40. The monoisotopic (exact) mass is 389 g/mol. The molecule has 1 aliphatic rings. The third-order valence-corrected chi connectivity index (χ3v) is 7.08. The van der Waals surface area contributed by atoms with E-state index in [0.717, 1.165) is 18.2 Å². The van der Waals surface area contributed by atoms with Crippen LogP contribution in [0.25, 0.3) is 0 Å². The quantitative estimate of drug-likeness (QED) is 0.347. The van der Waals surface area contributed by atoms with Crippen molar-refractivity contribution in [2.24, 2.45) is 11.8 Å². The number of carbonyl (C=O) groups excluding carboxylic acids is 2. The molecular weight excluding hydrogens is 378 g/mol. The number of benzene rings is 1. The Kier molecular flexibility index (Phi) is 5.33. The largest absolute Gasteiger partial charge is 0.550 e. The van der Waals surface area contributed by atoms with Crippen molar-refractivity contribution in [1.29, 1.82) is 0 Å². The molecule has 1 saturated carbocycles. The van der Waals surface area contributed by atoms with E-state index in [-0.39, 0.29) is 4.90 Å². The zero-order valence-corrected chi connectivity index (χ0v) is 14.1. The first-order chi connectivity index (χ1) is 11.6. The summed E-state index contributed by atoms with van der Waals surface area (Å²) < 4.78 is 25.5. The minimum atomic E-state index is -4.22. The third-order valence-electron chi connectivity index (χ3n) is 4.22. The Morgan fingerprint density at radius 2 is 1.68 bits per heavy atom. The van der Waals surface area contributed by atoms with Gasteiger partial charge >= 0.3 is 0 Å². The smallest absolute Gasteiger partial charge is 0.270 e. The number of halogens is 1. The fourth-order valence-electron chi connectivity index (χ4n) is 2.91. The number of sulfone groups is 1. The van der Waals surface area contributed by atoms with Crippen molar-refractivity contribution in [2.45, 2.75) is 28.4 Å². The first-order valence-corrected chi connectivity index (χ1v) is 9.08. The van der Waals surface area contributed by atoms with Crippen molar-refractivity contribution in [3.8, 4) is 0 Å². The molecule has 1 aromatic carbocycles. The van der Waals surface area contributed by atoms with Gasteiger partial charge in [0.25, 0.3) is 5.69 Å². The van der Waals surface area contributed by atoms with Gasteiger partial charge in [0.2, 0.25) is 0 Å². The van der Waals surface area contributed by atoms with Crippen molar-refractivity contribution in [3.05, 3.63) is 34.4 Å². The molecule has 1 fully saturated rings. The highest BCUT2D eigenvalue weighted by molar-refractivity contribution is 7.92. The molecule has 0 bridgehead atoms. The van der Waals surface area contributed by atoms with Gasteiger partial charge in [0.15, 0.2) is 9.84 Å². The minimum Gasteiger partial charge on any atom is -0.550 e. The Morgan fingerprint density at radius 1 is 1.12 bits per heavy atom. The molecule has 1 aromatic rings. The molecule has 0 aromatic heterocycles. The van der Waals surface area contributed by atoms with Gasteiger partial charge in [-0.25, -0.2) is 8.42 Å². The van der Waals surface area contributed by atoms with Gasteiger partial charge < -0.3 is 19.8 Å². The van der Waals surface area contributed by atoms with Gasteiger partial charge in [-0.3, -0.25) is 10.1 Å². The van der Waals surface area contributed by atoms with Crippen LogP contribution < -0.4 is 10.2 Å². The molecule has 11 heteroatoms. The number of nitro benzene ring substituents is 1. The number of hydrogen-bond donors (Lipinski definition) is 0. The lowest BCUT2D eigenvalue weighted by Crippen LogP contribution is -2.52. The van der Waals surface area contributed by atoms with Crippen LogP contribution in [0, 0.1) is 22.0 Å². The first kappa shape index (κ1) is 19.1. The van der Waals surface area contributed by atoms with Gasteiger partial charge in [0, 0.05) is 35.9 Å². The molecule has 0 unspecified atom stereocenters. The molecule has 1 aliphatic carbocycles. The zero-order valence-electron chi connectivity index (χ0n) is 12.5. The number of nitrogens with zero attached hydrogens (tertiary/aromatic N) is 1. The maximum Gasteiger partial charge on any atom is 0.270 e. The van der Waals surface area contributed by atoms with E-state index in [9.17, 15) is 38.3 Å². The standard InChI is InChI=1S/C14H14ClNO8S/c15-11-5-9(13(17)18)10(14(19)20)6-12(11)25(23,24)8-3-1-2-7(4-8)16(21)22/h1-4,9-12H,5-6H2,(H,17,18)(H,19,20)/p-2/t9-,10-,11+,12-/m1/s1. The van der Waals surface area contributed by atoms with E-state index in [0.29, 0.717) is 0 Å². The zero-order chi connectivity index (χ0) is 18.9. The number of nitro groups is 1. The number of non-ortho nitro benzene ring substituents is 1. The lowest BCUT2D eigenvalue weighted by Gasteiger charge is -2.39. The molecule has 0 N–H and O–H groups in total. The second-order valence-electron chi connectivity index (χ2n) is 5.68. The number of carboxylic acid groups (broad SMARTS) is 2. The molecule has 0 aliphatic heterocycles. The van der Waals surface area contributed by atoms with Gasteiger partial charge in [-0.1, -0.05) is 6.07 Å². The normalized spacial score (nSPS) is 26.8. The predicted octanol–water partition coefficient (Wildman–Crippen LogP) is -1.13. The summed E-state index contributed by atoms with van der Waals surface area (Å²) in [5.74, 6) is -6.41. The fourth-order valence-corrected chi connectivity index (χ4v) is 5.48. The maximum absolute atomic E-state index is 12.7. The van der Waals surface area contributed by atoms with E-state index < -0.39 is 67.7 Å². The first-order valence-electron chi connectivity index (χ1n) is 7.10. The van der Waals surface area contributed by atoms with Gasteiger partial charge in [-0.15, -0.1) is 11.6 Å². The number of aliphatic carboxylic acids is 2. The van der Waals surface area contributed by atoms with E-state index in [4.69, 9.17) is 11.6 Å². The SMILES string of the molecule is O=C([O-])[C@@H]1C[C@@H](S(=O)(=O)c2cccc([N+](=O)[O-])c2)[C@@H](Cl)C[C@H]1C(=O)[O-]. The molecule has 0 saturated heterocycles. The summed E-state index contributed by atoms with van der Waals surface area (Å²) >= 11 is 6.01.